The van der Waals surface area contributed by atoms with E-state index in [1.165, 1.54) is 12.8 Å². The van der Waals surface area contributed by atoms with E-state index >= 15 is 0 Å². The van der Waals surface area contributed by atoms with Gasteiger partial charge in [-0.25, -0.2) is 0 Å². The summed E-state index contributed by atoms with van der Waals surface area (Å²) in [6, 6.07) is 0. The first-order valence-electron chi connectivity index (χ1n) is 7.07. The second-order valence-electron chi connectivity index (χ2n) is 5.36. The molecule has 0 aliphatic heterocycles. The number of hydrogen-bond donors (Lipinski definition) is 2. The van der Waals surface area contributed by atoms with E-state index in [9.17, 15) is 5.11 Å². The quantitative estimate of drug-likeness (QED) is 0.618. The van der Waals surface area contributed by atoms with Crippen LogP contribution < -0.4 is 5.32 Å². The molecule has 0 fully saturated rings. The van der Waals surface area contributed by atoms with Crippen LogP contribution in [0, 0.1) is 5.41 Å². The van der Waals surface area contributed by atoms with Crippen molar-refractivity contribution in [3.05, 3.63) is 0 Å². The molecule has 0 aromatic rings. The lowest BCUT2D eigenvalue weighted by Crippen LogP contribution is -2.43. The third kappa shape index (κ3) is 7.02. The molecule has 1 atom stereocenters. The molecule has 3 nitrogen and oxygen atoms in total. The zero-order valence-corrected chi connectivity index (χ0v) is 12.4. The molecule has 0 spiro atoms. The highest BCUT2D eigenvalue weighted by molar-refractivity contribution is 4.82. The molecule has 0 aromatic carbocycles. The molecule has 2 N–H and O–H groups in total. The van der Waals surface area contributed by atoms with Gasteiger partial charge in [0.15, 0.2) is 0 Å². The minimum absolute atomic E-state index is 0.191. The number of hydrogen-bond acceptors (Lipinski definition) is 3. The Kier molecular flexibility index (Phi) is 8.83. The Morgan fingerprint density at radius 3 is 2.24 bits per heavy atom. The Hall–Kier alpha value is -0.120. The van der Waals surface area contributed by atoms with Crippen LogP contribution in [0.4, 0.5) is 0 Å². The zero-order valence-electron chi connectivity index (χ0n) is 12.4. The SMILES string of the molecule is CCNCC(CC)(CC)CN(C)CCC(C)O. The number of aliphatic hydroxyl groups is 1. The number of rotatable bonds is 10. The van der Waals surface area contributed by atoms with Gasteiger partial charge in [0.25, 0.3) is 0 Å². The second kappa shape index (κ2) is 8.90. The van der Waals surface area contributed by atoms with Crippen LogP contribution in [0.15, 0.2) is 0 Å². The van der Waals surface area contributed by atoms with E-state index in [0.29, 0.717) is 5.41 Å². The maximum atomic E-state index is 9.32. The summed E-state index contributed by atoms with van der Waals surface area (Å²) in [5.74, 6) is 0. The highest BCUT2D eigenvalue weighted by Gasteiger charge is 2.27. The summed E-state index contributed by atoms with van der Waals surface area (Å²) in [4.78, 5) is 2.36. The fourth-order valence-corrected chi connectivity index (χ4v) is 2.23. The van der Waals surface area contributed by atoms with Gasteiger partial charge in [0.2, 0.25) is 0 Å². The predicted molar refractivity (Wildman–Crippen MR) is 75.4 cm³/mol. The van der Waals surface area contributed by atoms with Gasteiger partial charge in [0, 0.05) is 19.6 Å². The van der Waals surface area contributed by atoms with Crippen LogP contribution in [-0.2, 0) is 0 Å². The number of nitrogens with one attached hydrogen (secondary N) is 1. The van der Waals surface area contributed by atoms with Crippen molar-refractivity contribution in [2.24, 2.45) is 5.41 Å². The van der Waals surface area contributed by atoms with Gasteiger partial charge >= 0.3 is 0 Å². The summed E-state index contributed by atoms with van der Waals surface area (Å²) < 4.78 is 0. The molecule has 0 aliphatic rings. The Morgan fingerprint density at radius 2 is 1.82 bits per heavy atom. The second-order valence-corrected chi connectivity index (χ2v) is 5.36. The van der Waals surface area contributed by atoms with E-state index < -0.39 is 0 Å². The van der Waals surface area contributed by atoms with Crippen LogP contribution in [0.1, 0.15) is 47.0 Å². The molecule has 0 saturated carbocycles. The van der Waals surface area contributed by atoms with Gasteiger partial charge in [-0.3, -0.25) is 0 Å². The Labute approximate surface area is 108 Å². The largest absolute Gasteiger partial charge is 0.393 e. The predicted octanol–water partition coefficient (Wildman–Crippen LogP) is 2.11. The van der Waals surface area contributed by atoms with Gasteiger partial charge in [-0.15, -0.1) is 0 Å². The monoisotopic (exact) mass is 244 g/mol. The van der Waals surface area contributed by atoms with E-state index in [0.717, 1.165) is 32.6 Å². The molecule has 104 valence electrons. The van der Waals surface area contributed by atoms with E-state index in [1.54, 1.807) is 0 Å². The molecule has 0 amide bonds. The lowest BCUT2D eigenvalue weighted by atomic mass is 9.81. The van der Waals surface area contributed by atoms with Crippen molar-refractivity contribution in [2.75, 3.05) is 33.2 Å². The number of aliphatic hydroxyl groups excluding tert-OH is 1. The molecule has 0 saturated heterocycles. The molecule has 0 rings (SSSR count). The summed E-state index contributed by atoms with van der Waals surface area (Å²) in [6.07, 6.45) is 3.08. The molecule has 0 aromatic heterocycles. The average Bonchev–Trinajstić information content (AvgIpc) is 2.32. The van der Waals surface area contributed by atoms with Crippen molar-refractivity contribution in [3.8, 4) is 0 Å². The first kappa shape index (κ1) is 16.9. The van der Waals surface area contributed by atoms with Crippen molar-refractivity contribution in [2.45, 2.75) is 53.1 Å². The van der Waals surface area contributed by atoms with Crippen LogP contribution in [0.2, 0.25) is 0 Å². The van der Waals surface area contributed by atoms with E-state index in [4.69, 9.17) is 0 Å². The van der Waals surface area contributed by atoms with Gasteiger partial charge in [0.05, 0.1) is 6.10 Å². The molecule has 0 aliphatic carbocycles. The summed E-state index contributed by atoms with van der Waals surface area (Å²) in [7, 11) is 2.16. The highest BCUT2D eigenvalue weighted by Crippen LogP contribution is 2.26. The van der Waals surface area contributed by atoms with Gasteiger partial charge < -0.3 is 15.3 Å². The fourth-order valence-electron chi connectivity index (χ4n) is 2.23. The highest BCUT2D eigenvalue weighted by atomic mass is 16.3. The summed E-state index contributed by atoms with van der Waals surface area (Å²) in [6.45, 7) is 12.8. The lowest BCUT2D eigenvalue weighted by Gasteiger charge is -2.36. The maximum Gasteiger partial charge on any atom is 0.0524 e. The minimum Gasteiger partial charge on any atom is -0.393 e. The Morgan fingerprint density at radius 1 is 1.24 bits per heavy atom. The smallest absolute Gasteiger partial charge is 0.0524 e. The van der Waals surface area contributed by atoms with Crippen LogP contribution in [0.3, 0.4) is 0 Å². The van der Waals surface area contributed by atoms with Gasteiger partial charge in [0.1, 0.15) is 0 Å². The first-order valence-corrected chi connectivity index (χ1v) is 7.07. The molecule has 0 radical (unpaired) electrons. The van der Waals surface area contributed by atoms with E-state index in [1.807, 2.05) is 6.92 Å². The lowest BCUT2D eigenvalue weighted by molar-refractivity contribution is 0.126. The Bertz CT molecular complexity index is 179. The van der Waals surface area contributed by atoms with Gasteiger partial charge in [-0.1, -0.05) is 20.8 Å². The van der Waals surface area contributed by atoms with Crippen LogP contribution >= 0.6 is 0 Å². The van der Waals surface area contributed by atoms with Gasteiger partial charge in [-0.2, -0.15) is 0 Å². The number of nitrogens with zero attached hydrogens (tertiary/aromatic N) is 1. The molecule has 0 heterocycles. The van der Waals surface area contributed by atoms with Crippen LogP contribution in [-0.4, -0.2) is 49.3 Å². The molecule has 1 unspecified atom stereocenters. The van der Waals surface area contributed by atoms with Crippen molar-refractivity contribution in [1.29, 1.82) is 0 Å². The molecular weight excluding hydrogens is 212 g/mol. The van der Waals surface area contributed by atoms with Crippen molar-refractivity contribution < 1.29 is 5.11 Å². The third-order valence-electron chi connectivity index (χ3n) is 3.78. The average molecular weight is 244 g/mol. The first-order chi connectivity index (χ1) is 7.99. The van der Waals surface area contributed by atoms with Crippen molar-refractivity contribution >= 4 is 0 Å². The summed E-state index contributed by atoms with van der Waals surface area (Å²) in [5.41, 5.74) is 0.378. The molecule has 17 heavy (non-hydrogen) atoms. The molecule has 0 bridgehead atoms. The van der Waals surface area contributed by atoms with E-state index in [-0.39, 0.29) is 6.10 Å². The molecular formula is C14H32N2O. The van der Waals surface area contributed by atoms with Crippen LogP contribution in [0.5, 0.6) is 0 Å². The third-order valence-corrected chi connectivity index (χ3v) is 3.78. The van der Waals surface area contributed by atoms with Crippen LogP contribution in [0.25, 0.3) is 0 Å². The normalized spacial score (nSPS) is 14.3. The fraction of sp³-hybridized carbons (Fsp3) is 1.00. The van der Waals surface area contributed by atoms with Crippen molar-refractivity contribution in [3.63, 3.8) is 0 Å². The topological polar surface area (TPSA) is 35.5 Å². The maximum absolute atomic E-state index is 9.32. The standard InChI is InChI=1S/C14H32N2O/c1-6-14(7-2,11-15-8-3)12-16(5)10-9-13(4)17/h13,15,17H,6-12H2,1-5H3. The zero-order chi connectivity index (χ0) is 13.3. The summed E-state index contributed by atoms with van der Waals surface area (Å²) >= 11 is 0. The summed E-state index contributed by atoms with van der Waals surface area (Å²) in [5, 5.41) is 12.8. The Balaban J connectivity index is 4.21. The van der Waals surface area contributed by atoms with Gasteiger partial charge in [-0.05, 0) is 45.2 Å². The molecule has 3 heteroatoms. The minimum atomic E-state index is -0.191. The van der Waals surface area contributed by atoms with Crippen molar-refractivity contribution in [1.82, 2.24) is 10.2 Å². The van der Waals surface area contributed by atoms with E-state index in [2.05, 4.69) is 38.0 Å².